The molecule has 2 fully saturated rings. The van der Waals surface area contributed by atoms with Crippen molar-refractivity contribution in [2.45, 2.75) is 51.0 Å². The Morgan fingerprint density at radius 2 is 1.81 bits per heavy atom. The van der Waals surface area contributed by atoms with E-state index in [1.165, 1.54) is 19.3 Å². The summed E-state index contributed by atoms with van der Waals surface area (Å²) in [6.45, 7) is 1.64. The van der Waals surface area contributed by atoms with Gasteiger partial charge in [0.05, 0.1) is 5.92 Å². The number of nitrogens with zero attached hydrogens (tertiary/aromatic N) is 1. The van der Waals surface area contributed by atoms with Gasteiger partial charge in [0.1, 0.15) is 0 Å². The molecule has 5 nitrogen and oxygen atoms in total. The molecule has 3 N–H and O–H groups in total. The molecular weight excluding hydrogens is 362 g/mol. The Labute approximate surface area is 166 Å². The first-order chi connectivity index (χ1) is 13.1. The van der Waals surface area contributed by atoms with Gasteiger partial charge in [0, 0.05) is 36.3 Å². The van der Waals surface area contributed by atoms with E-state index >= 15 is 0 Å². The van der Waals surface area contributed by atoms with Gasteiger partial charge in [0.15, 0.2) is 0 Å². The maximum absolute atomic E-state index is 12.8. The van der Waals surface area contributed by atoms with Crippen LogP contribution in [0.15, 0.2) is 24.3 Å². The average Bonchev–Trinajstić information content (AvgIpc) is 2.72. The lowest BCUT2D eigenvalue weighted by Crippen LogP contribution is -2.51. The summed E-state index contributed by atoms with van der Waals surface area (Å²) < 4.78 is 0. The molecule has 1 aliphatic heterocycles. The number of carbonyl (C=O) groups excluding carboxylic acids is 2. The number of likely N-dealkylation sites (tertiary alicyclic amines) is 1. The number of hydrogen-bond donors (Lipinski definition) is 2. The van der Waals surface area contributed by atoms with Gasteiger partial charge >= 0.3 is 0 Å². The largest absolute Gasteiger partial charge is 0.352 e. The number of nitrogens with one attached hydrogen (secondary N) is 1. The van der Waals surface area contributed by atoms with E-state index in [9.17, 15) is 9.59 Å². The van der Waals surface area contributed by atoms with E-state index in [0.29, 0.717) is 36.1 Å². The van der Waals surface area contributed by atoms with Crippen molar-refractivity contribution in [1.82, 2.24) is 10.2 Å². The zero-order valence-electron chi connectivity index (χ0n) is 15.8. The molecule has 1 saturated carbocycles. The van der Waals surface area contributed by atoms with Crippen LogP contribution in [0.2, 0.25) is 5.02 Å². The first-order valence-electron chi connectivity index (χ1n) is 10.1. The molecule has 1 aromatic rings. The molecule has 2 aliphatic rings. The maximum Gasteiger partial charge on any atom is 0.253 e. The highest BCUT2D eigenvalue weighted by Gasteiger charge is 2.31. The standard InChI is InChI=1S/C21H30ClN3O2/c22-18-10-8-16(9-11-18)21(27)25-12-4-7-17(14-25)20(26)24-19(13-23)15-5-2-1-3-6-15/h8-11,15,17,19H,1-7,12-14,23H2,(H,24,26). The van der Waals surface area contributed by atoms with Crippen LogP contribution in [0.25, 0.3) is 0 Å². The third kappa shape index (κ3) is 5.23. The van der Waals surface area contributed by atoms with Crippen LogP contribution in [0, 0.1) is 11.8 Å². The Morgan fingerprint density at radius 3 is 2.48 bits per heavy atom. The zero-order valence-corrected chi connectivity index (χ0v) is 16.6. The molecular formula is C21H30ClN3O2. The van der Waals surface area contributed by atoms with Crippen LogP contribution >= 0.6 is 11.6 Å². The fourth-order valence-corrected chi connectivity index (χ4v) is 4.48. The van der Waals surface area contributed by atoms with Gasteiger partial charge in [-0.3, -0.25) is 9.59 Å². The number of amides is 2. The van der Waals surface area contributed by atoms with E-state index in [1.54, 1.807) is 29.2 Å². The van der Waals surface area contributed by atoms with Crippen molar-refractivity contribution in [2.24, 2.45) is 17.6 Å². The van der Waals surface area contributed by atoms with Crippen LogP contribution in [0.1, 0.15) is 55.3 Å². The Hall–Kier alpha value is -1.59. The van der Waals surface area contributed by atoms with Gasteiger partial charge in [0.25, 0.3) is 5.91 Å². The van der Waals surface area contributed by atoms with Crippen LogP contribution in [0.4, 0.5) is 0 Å². The first kappa shape index (κ1) is 20.2. The number of benzene rings is 1. The number of nitrogens with two attached hydrogens (primary N) is 1. The number of carbonyl (C=O) groups is 2. The number of halogens is 1. The van der Waals surface area contributed by atoms with Gasteiger partial charge in [-0.05, 0) is 55.9 Å². The normalized spacial score (nSPS) is 22.3. The molecule has 0 aromatic heterocycles. The lowest BCUT2D eigenvalue weighted by atomic mass is 9.83. The molecule has 0 spiro atoms. The van der Waals surface area contributed by atoms with E-state index in [-0.39, 0.29) is 23.8 Å². The fourth-order valence-electron chi connectivity index (χ4n) is 4.36. The van der Waals surface area contributed by atoms with Gasteiger partial charge in [0.2, 0.25) is 5.91 Å². The molecule has 2 amide bonds. The summed E-state index contributed by atoms with van der Waals surface area (Å²) in [5.74, 6) is 0.340. The van der Waals surface area contributed by atoms with Crippen molar-refractivity contribution < 1.29 is 9.59 Å². The van der Waals surface area contributed by atoms with E-state index in [2.05, 4.69) is 5.32 Å². The monoisotopic (exact) mass is 391 g/mol. The van der Waals surface area contributed by atoms with Crippen molar-refractivity contribution in [1.29, 1.82) is 0 Å². The van der Waals surface area contributed by atoms with Crippen LogP contribution < -0.4 is 11.1 Å². The smallest absolute Gasteiger partial charge is 0.253 e. The third-order valence-corrected chi connectivity index (χ3v) is 6.22. The summed E-state index contributed by atoms with van der Waals surface area (Å²) in [7, 11) is 0. The Morgan fingerprint density at radius 1 is 1.11 bits per heavy atom. The van der Waals surface area contributed by atoms with Gasteiger partial charge in [-0.2, -0.15) is 0 Å². The predicted molar refractivity (Wildman–Crippen MR) is 108 cm³/mol. The summed E-state index contributed by atoms with van der Waals surface area (Å²) in [4.78, 5) is 27.4. The molecule has 27 heavy (non-hydrogen) atoms. The highest BCUT2D eigenvalue weighted by atomic mass is 35.5. The van der Waals surface area contributed by atoms with Gasteiger partial charge in [-0.25, -0.2) is 0 Å². The minimum atomic E-state index is -0.160. The Kier molecular flexibility index (Phi) is 7.13. The van der Waals surface area contributed by atoms with Crippen molar-refractivity contribution >= 4 is 23.4 Å². The molecule has 148 valence electrons. The minimum Gasteiger partial charge on any atom is -0.352 e. The SMILES string of the molecule is NCC(NC(=O)C1CCCN(C(=O)c2ccc(Cl)cc2)C1)C1CCCCC1. The first-order valence-corrected chi connectivity index (χ1v) is 10.5. The number of piperidine rings is 1. The van der Waals surface area contributed by atoms with Crippen LogP contribution in [0.3, 0.4) is 0 Å². The van der Waals surface area contributed by atoms with Crippen molar-refractivity contribution in [3.05, 3.63) is 34.9 Å². The van der Waals surface area contributed by atoms with Gasteiger partial charge in [-0.15, -0.1) is 0 Å². The Bertz CT molecular complexity index is 643. The van der Waals surface area contributed by atoms with E-state index < -0.39 is 0 Å². The van der Waals surface area contributed by atoms with Crippen LogP contribution in [-0.4, -0.2) is 42.4 Å². The molecule has 3 rings (SSSR count). The molecule has 6 heteroatoms. The second kappa shape index (κ2) is 9.56. The molecule has 0 radical (unpaired) electrons. The van der Waals surface area contributed by atoms with E-state index in [1.807, 2.05) is 0 Å². The van der Waals surface area contributed by atoms with E-state index in [4.69, 9.17) is 17.3 Å². The summed E-state index contributed by atoms with van der Waals surface area (Å²) in [5, 5.41) is 3.80. The van der Waals surface area contributed by atoms with E-state index in [0.717, 1.165) is 25.7 Å². The molecule has 2 unspecified atom stereocenters. The summed E-state index contributed by atoms with van der Waals surface area (Å²) in [6, 6.07) is 6.97. The minimum absolute atomic E-state index is 0.0353. The summed E-state index contributed by atoms with van der Waals surface area (Å²) in [6.07, 6.45) is 7.69. The van der Waals surface area contributed by atoms with Crippen LogP contribution in [-0.2, 0) is 4.79 Å². The number of rotatable bonds is 5. The summed E-state index contributed by atoms with van der Waals surface area (Å²) >= 11 is 5.90. The molecule has 1 saturated heterocycles. The lowest BCUT2D eigenvalue weighted by molar-refractivity contribution is -0.127. The van der Waals surface area contributed by atoms with Crippen molar-refractivity contribution in [3.63, 3.8) is 0 Å². The Balaban J connectivity index is 1.58. The third-order valence-electron chi connectivity index (χ3n) is 5.97. The molecule has 2 atom stereocenters. The van der Waals surface area contributed by atoms with Crippen molar-refractivity contribution in [2.75, 3.05) is 19.6 Å². The summed E-state index contributed by atoms with van der Waals surface area (Å²) in [5.41, 5.74) is 6.57. The second-order valence-electron chi connectivity index (χ2n) is 7.85. The predicted octanol–water partition coefficient (Wildman–Crippen LogP) is 3.22. The zero-order chi connectivity index (χ0) is 19.2. The van der Waals surface area contributed by atoms with Gasteiger partial charge in [-0.1, -0.05) is 30.9 Å². The molecule has 1 aliphatic carbocycles. The molecule has 1 heterocycles. The van der Waals surface area contributed by atoms with Crippen molar-refractivity contribution in [3.8, 4) is 0 Å². The van der Waals surface area contributed by atoms with Crippen LogP contribution in [0.5, 0.6) is 0 Å². The lowest BCUT2D eigenvalue weighted by Gasteiger charge is -2.35. The highest BCUT2D eigenvalue weighted by molar-refractivity contribution is 6.30. The maximum atomic E-state index is 12.8. The molecule has 0 bridgehead atoms. The topological polar surface area (TPSA) is 75.4 Å². The fraction of sp³-hybridized carbons (Fsp3) is 0.619. The second-order valence-corrected chi connectivity index (χ2v) is 8.28. The highest BCUT2D eigenvalue weighted by Crippen LogP contribution is 2.27. The number of hydrogen-bond acceptors (Lipinski definition) is 3. The molecule has 1 aromatic carbocycles. The average molecular weight is 392 g/mol. The quantitative estimate of drug-likeness (QED) is 0.809. The van der Waals surface area contributed by atoms with Gasteiger partial charge < -0.3 is 16.0 Å².